The van der Waals surface area contributed by atoms with Gasteiger partial charge in [-0.25, -0.2) is 8.42 Å². The molecule has 1 atom stereocenters. The Morgan fingerprint density at radius 3 is 2.35 bits per heavy atom. The average molecular weight is 330 g/mol. The standard InChI is InChI=1S/C14H16ClNO2S2/c1-11-8-9-13(19-11)20(17,18)16-14(2,10-15)12-6-4-3-5-7-12/h3-9,16H,10H2,1-2H3. The predicted octanol–water partition coefficient (Wildman–Crippen LogP) is 3.49. The van der Waals surface area contributed by atoms with Gasteiger partial charge >= 0.3 is 0 Å². The van der Waals surface area contributed by atoms with Crippen LogP contribution in [0.2, 0.25) is 0 Å². The van der Waals surface area contributed by atoms with Crippen molar-refractivity contribution in [3.8, 4) is 0 Å². The van der Waals surface area contributed by atoms with Gasteiger partial charge in [0.25, 0.3) is 10.0 Å². The predicted molar refractivity (Wildman–Crippen MR) is 83.9 cm³/mol. The molecule has 0 bridgehead atoms. The fourth-order valence-corrected chi connectivity index (χ4v) is 4.85. The van der Waals surface area contributed by atoms with Gasteiger partial charge in [0, 0.05) is 10.8 Å². The largest absolute Gasteiger partial charge is 0.250 e. The van der Waals surface area contributed by atoms with Crippen LogP contribution < -0.4 is 4.72 Å². The summed E-state index contributed by atoms with van der Waals surface area (Å²) in [6.45, 7) is 3.66. The van der Waals surface area contributed by atoms with Crippen LogP contribution >= 0.6 is 22.9 Å². The first-order chi connectivity index (χ1) is 9.37. The van der Waals surface area contributed by atoms with E-state index in [-0.39, 0.29) is 5.88 Å². The van der Waals surface area contributed by atoms with Gasteiger partial charge in [0.15, 0.2) is 0 Å². The quantitative estimate of drug-likeness (QED) is 0.853. The third-order valence-corrected chi connectivity index (χ3v) is 6.64. The minimum absolute atomic E-state index is 0.153. The summed E-state index contributed by atoms with van der Waals surface area (Å²) in [7, 11) is -3.57. The molecule has 2 aromatic rings. The lowest BCUT2D eigenvalue weighted by molar-refractivity contribution is 0.478. The van der Waals surface area contributed by atoms with E-state index in [9.17, 15) is 8.42 Å². The van der Waals surface area contributed by atoms with Crippen molar-refractivity contribution in [2.75, 3.05) is 5.88 Å². The number of sulfonamides is 1. The van der Waals surface area contributed by atoms with Crippen molar-refractivity contribution in [2.45, 2.75) is 23.6 Å². The number of benzene rings is 1. The van der Waals surface area contributed by atoms with Crippen LogP contribution in [-0.2, 0) is 15.6 Å². The van der Waals surface area contributed by atoms with Crippen LogP contribution in [0.1, 0.15) is 17.4 Å². The molecule has 3 nitrogen and oxygen atoms in total. The smallest absolute Gasteiger partial charge is 0.206 e. The molecule has 1 N–H and O–H groups in total. The summed E-state index contributed by atoms with van der Waals surface area (Å²) in [6.07, 6.45) is 0. The van der Waals surface area contributed by atoms with Gasteiger partial charge in [-0.1, -0.05) is 30.3 Å². The van der Waals surface area contributed by atoms with Gasteiger partial charge in [0.2, 0.25) is 0 Å². The second kappa shape index (κ2) is 5.85. The molecule has 0 saturated carbocycles. The molecule has 0 aliphatic heterocycles. The van der Waals surface area contributed by atoms with Crippen molar-refractivity contribution >= 4 is 33.0 Å². The first-order valence-corrected chi connectivity index (χ1v) is 8.93. The van der Waals surface area contributed by atoms with Crippen LogP contribution in [0.25, 0.3) is 0 Å². The Hall–Kier alpha value is -0.880. The van der Waals surface area contributed by atoms with E-state index >= 15 is 0 Å². The maximum Gasteiger partial charge on any atom is 0.250 e. The number of rotatable bonds is 5. The Balaban J connectivity index is 2.35. The third kappa shape index (κ3) is 3.23. The number of hydrogen-bond donors (Lipinski definition) is 1. The SMILES string of the molecule is Cc1ccc(S(=O)(=O)NC(C)(CCl)c2ccccc2)s1. The van der Waals surface area contributed by atoms with Crippen LogP contribution in [0.5, 0.6) is 0 Å². The summed E-state index contributed by atoms with van der Waals surface area (Å²) in [6, 6.07) is 12.7. The molecular weight excluding hydrogens is 314 g/mol. The maximum atomic E-state index is 12.4. The summed E-state index contributed by atoms with van der Waals surface area (Å²) < 4.78 is 27.9. The molecule has 0 aliphatic rings. The number of nitrogens with one attached hydrogen (secondary N) is 1. The molecule has 0 radical (unpaired) electrons. The van der Waals surface area contributed by atoms with Gasteiger partial charge in [-0.2, -0.15) is 4.72 Å². The zero-order chi connectivity index (χ0) is 14.8. The van der Waals surface area contributed by atoms with Crippen molar-refractivity contribution in [2.24, 2.45) is 0 Å². The van der Waals surface area contributed by atoms with Crippen LogP contribution in [0, 0.1) is 6.92 Å². The number of thiophene rings is 1. The van der Waals surface area contributed by atoms with Crippen molar-refractivity contribution in [1.29, 1.82) is 0 Å². The van der Waals surface area contributed by atoms with Crippen molar-refractivity contribution in [3.63, 3.8) is 0 Å². The van der Waals surface area contributed by atoms with Gasteiger partial charge in [-0.05, 0) is 31.5 Å². The van der Waals surface area contributed by atoms with Gasteiger partial charge in [0.1, 0.15) is 4.21 Å². The lowest BCUT2D eigenvalue weighted by Gasteiger charge is -2.28. The topological polar surface area (TPSA) is 46.2 Å². The van der Waals surface area contributed by atoms with Crippen LogP contribution in [0.4, 0.5) is 0 Å². The highest BCUT2D eigenvalue weighted by Crippen LogP contribution is 2.27. The second-order valence-corrected chi connectivity index (χ2v) is 8.27. The molecular formula is C14H16ClNO2S2. The maximum absolute atomic E-state index is 12.4. The van der Waals surface area contributed by atoms with Crippen molar-refractivity contribution in [1.82, 2.24) is 4.72 Å². The zero-order valence-electron chi connectivity index (χ0n) is 11.3. The zero-order valence-corrected chi connectivity index (χ0v) is 13.6. The molecule has 0 fully saturated rings. The first-order valence-electron chi connectivity index (χ1n) is 6.09. The second-order valence-electron chi connectivity index (χ2n) is 4.80. The van der Waals surface area contributed by atoms with Crippen LogP contribution in [0.15, 0.2) is 46.7 Å². The number of alkyl halides is 1. The van der Waals surface area contributed by atoms with Gasteiger partial charge in [-0.3, -0.25) is 0 Å². The average Bonchev–Trinajstić information content (AvgIpc) is 2.87. The Bertz CT molecular complexity index is 682. The highest BCUT2D eigenvalue weighted by atomic mass is 35.5. The molecule has 0 amide bonds. The highest BCUT2D eigenvalue weighted by Gasteiger charge is 2.32. The molecule has 1 unspecified atom stereocenters. The lowest BCUT2D eigenvalue weighted by Crippen LogP contribution is -2.44. The monoisotopic (exact) mass is 329 g/mol. The summed E-state index contributed by atoms with van der Waals surface area (Å²) in [5, 5.41) is 0. The molecule has 108 valence electrons. The summed E-state index contributed by atoms with van der Waals surface area (Å²) in [5.41, 5.74) is 0.00589. The number of halogens is 1. The molecule has 6 heteroatoms. The van der Waals surface area contributed by atoms with E-state index in [1.807, 2.05) is 37.3 Å². The Kier molecular flexibility index (Phi) is 4.54. The Labute approximate surface area is 128 Å². The fraction of sp³-hybridized carbons (Fsp3) is 0.286. The number of aryl methyl sites for hydroxylation is 1. The lowest BCUT2D eigenvalue weighted by atomic mass is 9.96. The highest BCUT2D eigenvalue weighted by molar-refractivity contribution is 7.91. The molecule has 20 heavy (non-hydrogen) atoms. The van der Waals surface area contributed by atoms with Crippen molar-refractivity contribution < 1.29 is 8.42 Å². The van der Waals surface area contributed by atoms with E-state index in [4.69, 9.17) is 11.6 Å². The van der Waals surface area contributed by atoms with E-state index in [2.05, 4.69) is 4.72 Å². The molecule has 2 rings (SSSR count). The molecule has 0 saturated heterocycles. The third-order valence-electron chi connectivity index (χ3n) is 3.02. The fourth-order valence-electron chi connectivity index (χ4n) is 1.87. The Morgan fingerprint density at radius 2 is 1.85 bits per heavy atom. The molecule has 1 heterocycles. The van der Waals surface area contributed by atoms with Gasteiger partial charge < -0.3 is 0 Å². The van der Waals surface area contributed by atoms with Crippen LogP contribution in [-0.4, -0.2) is 14.3 Å². The normalized spacial score (nSPS) is 14.9. The summed E-state index contributed by atoms with van der Waals surface area (Å²) in [4.78, 5) is 0.956. The van der Waals surface area contributed by atoms with Gasteiger partial charge in [0.05, 0.1) is 5.54 Å². The summed E-state index contributed by atoms with van der Waals surface area (Å²) in [5.74, 6) is 0.153. The first kappa shape index (κ1) is 15.5. The van der Waals surface area contributed by atoms with E-state index in [1.54, 1.807) is 19.1 Å². The number of hydrogen-bond acceptors (Lipinski definition) is 3. The van der Waals surface area contributed by atoms with Crippen LogP contribution in [0.3, 0.4) is 0 Å². The Morgan fingerprint density at radius 1 is 1.20 bits per heavy atom. The summed E-state index contributed by atoms with van der Waals surface area (Å²) >= 11 is 7.27. The molecule has 0 spiro atoms. The molecule has 1 aromatic carbocycles. The van der Waals surface area contributed by atoms with E-state index in [1.165, 1.54) is 11.3 Å². The van der Waals surface area contributed by atoms with E-state index in [0.717, 1.165) is 10.4 Å². The minimum Gasteiger partial charge on any atom is -0.206 e. The molecule has 1 aromatic heterocycles. The van der Waals surface area contributed by atoms with Gasteiger partial charge in [-0.15, -0.1) is 22.9 Å². The van der Waals surface area contributed by atoms with E-state index in [0.29, 0.717) is 4.21 Å². The minimum atomic E-state index is -3.57. The van der Waals surface area contributed by atoms with Crippen molar-refractivity contribution in [3.05, 3.63) is 52.9 Å². The van der Waals surface area contributed by atoms with E-state index < -0.39 is 15.6 Å². The molecule has 0 aliphatic carbocycles.